The van der Waals surface area contributed by atoms with Crippen LogP contribution in [0, 0.1) is 0 Å². The lowest BCUT2D eigenvalue weighted by molar-refractivity contribution is -0.137. The zero-order valence-electron chi connectivity index (χ0n) is 19.2. The molecule has 1 atom stereocenters. The average molecular weight is 424 g/mol. The highest BCUT2D eigenvalue weighted by atomic mass is 16.4. The van der Waals surface area contributed by atoms with Crippen molar-refractivity contribution in [2.24, 2.45) is 0 Å². The van der Waals surface area contributed by atoms with Gasteiger partial charge in [0.2, 0.25) is 0 Å². The molecule has 1 aromatic carbocycles. The lowest BCUT2D eigenvalue weighted by Gasteiger charge is -2.09. The summed E-state index contributed by atoms with van der Waals surface area (Å²) in [7, 11) is 1.77. The van der Waals surface area contributed by atoms with Gasteiger partial charge in [-0.2, -0.15) is 0 Å². The quantitative estimate of drug-likeness (QED) is 0.224. The zero-order chi connectivity index (χ0) is 22.5. The number of aliphatic carboxylic acids is 1. The number of hydrogen-bond donors (Lipinski definition) is 4. The van der Waals surface area contributed by atoms with Gasteiger partial charge in [-0.15, -0.1) is 0 Å². The number of benzene rings is 1. The summed E-state index contributed by atoms with van der Waals surface area (Å²) in [4.78, 5) is 10.3. The molecule has 5 nitrogen and oxygen atoms in total. The van der Waals surface area contributed by atoms with E-state index in [-0.39, 0.29) is 5.75 Å². The van der Waals surface area contributed by atoms with E-state index < -0.39 is 12.1 Å². The number of carbonyl (C=O) groups is 1. The number of nitrogens with one attached hydrogen (secondary N) is 1. The lowest BCUT2D eigenvalue weighted by Crippen LogP contribution is -2.16. The van der Waals surface area contributed by atoms with Crippen LogP contribution < -0.4 is 5.32 Å². The summed E-state index contributed by atoms with van der Waals surface area (Å²) in [5.74, 6) is -0.472. The SMILES string of the molecule is CCCCCCCCCCCCCCCC(=O)O.CNC[C@H](O)c1cccc(O)c1. The molecule has 0 radical (unpaired) electrons. The van der Waals surface area contributed by atoms with Crippen LogP contribution >= 0.6 is 0 Å². The third-order valence-electron chi connectivity index (χ3n) is 5.15. The van der Waals surface area contributed by atoms with Gasteiger partial charge in [0.15, 0.2) is 0 Å². The number of carboxylic acid groups (broad SMARTS) is 1. The van der Waals surface area contributed by atoms with Crippen LogP contribution in [0.1, 0.15) is 108 Å². The van der Waals surface area contributed by atoms with E-state index in [1.807, 2.05) is 0 Å². The molecule has 0 unspecified atom stereocenters. The Bertz CT molecular complexity index is 522. The number of aliphatic hydroxyl groups excluding tert-OH is 1. The molecule has 0 aliphatic rings. The number of unbranched alkanes of at least 4 members (excludes halogenated alkanes) is 12. The van der Waals surface area contributed by atoms with Crippen molar-refractivity contribution in [3.05, 3.63) is 29.8 Å². The highest BCUT2D eigenvalue weighted by Gasteiger charge is 2.05. The molecule has 0 spiro atoms. The van der Waals surface area contributed by atoms with E-state index in [2.05, 4.69) is 12.2 Å². The van der Waals surface area contributed by atoms with E-state index in [4.69, 9.17) is 10.2 Å². The van der Waals surface area contributed by atoms with Crippen LogP contribution in [0.25, 0.3) is 0 Å². The van der Waals surface area contributed by atoms with Crippen molar-refractivity contribution >= 4 is 5.97 Å². The molecule has 174 valence electrons. The van der Waals surface area contributed by atoms with Crippen molar-refractivity contribution in [1.29, 1.82) is 0 Å². The van der Waals surface area contributed by atoms with Gasteiger partial charge in [0.05, 0.1) is 6.10 Å². The second-order valence-electron chi connectivity index (χ2n) is 8.05. The van der Waals surface area contributed by atoms with Gasteiger partial charge < -0.3 is 20.6 Å². The third kappa shape index (κ3) is 18.4. The zero-order valence-corrected chi connectivity index (χ0v) is 19.2. The fourth-order valence-corrected chi connectivity index (χ4v) is 3.34. The Morgan fingerprint density at radius 3 is 1.83 bits per heavy atom. The Labute approximate surface area is 183 Å². The second kappa shape index (κ2) is 20.7. The lowest BCUT2D eigenvalue weighted by atomic mass is 10.0. The smallest absolute Gasteiger partial charge is 0.303 e. The van der Waals surface area contributed by atoms with Crippen LogP contribution in [-0.4, -0.2) is 34.9 Å². The van der Waals surface area contributed by atoms with Crippen LogP contribution in [0.4, 0.5) is 0 Å². The number of aliphatic hydroxyl groups is 1. The first-order chi connectivity index (χ1) is 14.5. The number of rotatable bonds is 17. The first-order valence-corrected chi connectivity index (χ1v) is 11.8. The third-order valence-corrected chi connectivity index (χ3v) is 5.15. The van der Waals surface area contributed by atoms with Gasteiger partial charge in [-0.25, -0.2) is 0 Å². The minimum absolute atomic E-state index is 0.183. The Kier molecular flexibility index (Phi) is 19.6. The first-order valence-electron chi connectivity index (χ1n) is 11.8. The van der Waals surface area contributed by atoms with Gasteiger partial charge >= 0.3 is 5.97 Å². The summed E-state index contributed by atoms with van der Waals surface area (Å²) in [5.41, 5.74) is 0.726. The Morgan fingerprint density at radius 2 is 1.40 bits per heavy atom. The monoisotopic (exact) mass is 423 g/mol. The molecule has 1 aromatic rings. The molecule has 5 heteroatoms. The Hall–Kier alpha value is -1.59. The van der Waals surface area contributed by atoms with Crippen LogP contribution in [0.3, 0.4) is 0 Å². The predicted molar refractivity (Wildman–Crippen MR) is 125 cm³/mol. The van der Waals surface area contributed by atoms with E-state index in [1.54, 1.807) is 31.3 Å². The molecule has 0 saturated carbocycles. The van der Waals surface area contributed by atoms with Crippen molar-refractivity contribution in [3.8, 4) is 5.75 Å². The van der Waals surface area contributed by atoms with Gasteiger partial charge in [-0.3, -0.25) is 4.79 Å². The second-order valence-corrected chi connectivity index (χ2v) is 8.05. The van der Waals surface area contributed by atoms with Crippen LogP contribution in [-0.2, 0) is 4.79 Å². The molecule has 0 aromatic heterocycles. The van der Waals surface area contributed by atoms with E-state index in [0.717, 1.165) is 18.4 Å². The normalized spacial score (nSPS) is 11.6. The van der Waals surface area contributed by atoms with Crippen molar-refractivity contribution in [3.63, 3.8) is 0 Å². The standard InChI is InChI=1S/C16H32O2.C9H13NO2/c1-2-3-4-5-6-7-8-9-10-11-12-13-14-15-16(17)18;1-10-6-9(12)7-3-2-4-8(11)5-7/h2-15H2,1H3,(H,17,18);2-5,9-12H,6H2,1H3/t;9-/m.0/s1. The van der Waals surface area contributed by atoms with Crippen molar-refractivity contribution < 1.29 is 20.1 Å². The van der Waals surface area contributed by atoms with E-state index in [1.165, 1.54) is 70.6 Å². The average Bonchev–Trinajstić information content (AvgIpc) is 2.72. The van der Waals surface area contributed by atoms with Crippen molar-refractivity contribution in [2.75, 3.05) is 13.6 Å². The molecule has 0 saturated heterocycles. The minimum atomic E-state index is -0.655. The molecule has 0 fully saturated rings. The highest BCUT2D eigenvalue weighted by Crippen LogP contribution is 2.17. The molecule has 1 rings (SSSR count). The number of hydrogen-bond acceptors (Lipinski definition) is 4. The molecule has 4 N–H and O–H groups in total. The van der Waals surface area contributed by atoms with Gasteiger partial charge in [-0.05, 0) is 31.2 Å². The number of aromatic hydroxyl groups is 1. The maximum atomic E-state index is 10.3. The molecule has 0 heterocycles. The van der Waals surface area contributed by atoms with Gasteiger partial charge in [0.1, 0.15) is 5.75 Å². The predicted octanol–water partition coefficient (Wildman–Crippen LogP) is 6.20. The molecular formula is C25H45NO4. The number of likely N-dealkylation sites (N-methyl/N-ethyl adjacent to an activating group) is 1. The number of carboxylic acids is 1. The Morgan fingerprint density at radius 1 is 0.900 bits per heavy atom. The van der Waals surface area contributed by atoms with Gasteiger partial charge in [-0.1, -0.05) is 96.1 Å². The molecule has 0 bridgehead atoms. The summed E-state index contributed by atoms with van der Waals surface area (Å²) < 4.78 is 0. The largest absolute Gasteiger partial charge is 0.508 e. The fraction of sp³-hybridized carbons (Fsp3) is 0.720. The van der Waals surface area contributed by atoms with E-state index in [9.17, 15) is 9.90 Å². The maximum Gasteiger partial charge on any atom is 0.303 e. The van der Waals surface area contributed by atoms with Crippen LogP contribution in [0.5, 0.6) is 5.75 Å². The molecular weight excluding hydrogens is 378 g/mol. The highest BCUT2D eigenvalue weighted by molar-refractivity contribution is 5.66. The molecule has 0 aliphatic carbocycles. The maximum absolute atomic E-state index is 10.3. The van der Waals surface area contributed by atoms with Gasteiger partial charge in [0, 0.05) is 13.0 Å². The van der Waals surface area contributed by atoms with Crippen molar-refractivity contribution in [1.82, 2.24) is 5.32 Å². The van der Waals surface area contributed by atoms with Gasteiger partial charge in [0.25, 0.3) is 0 Å². The number of phenols is 1. The molecule has 30 heavy (non-hydrogen) atoms. The summed E-state index contributed by atoms with van der Waals surface area (Å²) in [5, 5.41) is 29.9. The van der Waals surface area contributed by atoms with Crippen LogP contribution in [0.15, 0.2) is 24.3 Å². The Balaban J connectivity index is 0.000000604. The van der Waals surface area contributed by atoms with E-state index >= 15 is 0 Å². The fourth-order valence-electron chi connectivity index (χ4n) is 3.34. The summed E-state index contributed by atoms with van der Waals surface area (Å²) in [6, 6.07) is 6.63. The molecule has 0 amide bonds. The summed E-state index contributed by atoms with van der Waals surface area (Å²) in [6.45, 7) is 2.75. The summed E-state index contributed by atoms with van der Waals surface area (Å²) >= 11 is 0. The topological polar surface area (TPSA) is 89.8 Å². The summed E-state index contributed by atoms with van der Waals surface area (Å²) in [6.07, 6.45) is 16.7. The van der Waals surface area contributed by atoms with Crippen LogP contribution in [0.2, 0.25) is 0 Å². The molecule has 0 aliphatic heterocycles. The van der Waals surface area contributed by atoms with Crippen molar-refractivity contribution in [2.45, 2.75) is 103 Å². The van der Waals surface area contributed by atoms with E-state index in [0.29, 0.717) is 13.0 Å². The minimum Gasteiger partial charge on any atom is -0.508 e. The first kappa shape index (κ1) is 28.4. The number of phenolic OH excluding ortho intramolecular Hbond substituents is 1.